The number of benzene rings is 1. The number of thioether (sulfide) groups is 1. The van der Waals surface area contributed by atoms with Crippen LogP contribution in [0.1, 0.15) is 6.92 Å². The summed E-state index contributed by atoms with van der Waals surface area (Å²) in [4.78, 5) is 1.17. The molecule has 1 aromatic rings. The summed E-state index contributed by atoms with van der Waals surface area (Å²) < 4.78 is 10.5. The molecule has 1 aromatic carbocycles. The first-order valence-corrected chi connectivity index (χ1v) is 7.70. The lowest BCUT2D eigenvalue weighted by Gasteiger charge is -2.15. The van der Waals surface area contributed by atoms with E-state index in [4.69, 9.17) is 9.47 Å². The van der Waals surface area contributed by atoms with Crippen molar-refractivity contribution < 1.29 is 14.6 Å². The van der Waals surface area contributed by atoms with Crippen LogP contribution in [0.2, 0.25) is 0 Å². The molecule has 4 nitrogen and oxygen atoms in total. The molecule has 0 bridgehead atoms. The van der Waals surface area contributed by atoms with Gasteiger partial charge in [0.05, 0.1) is 25.9 Å². The molecule has 0 saturated heterocycles. The summed E-state index contributed by atoms with van der Waals surface area (Å²) in [5.74, 6) is 0. The molecule has 0 amide bonds. The van der Waals surface area contributed by atoms with Crippen molar-refractivity contribution in [2.75, 3.05) is 44.5 Å². The van der Waals surface area contributed by atoms with Gasteiger partial charge in [-0.1, -0.05) is 12.1 Å². The third-order valence-electron chi connectivity index (χ3n) is 2.52. The van der Waals surface area contributed by atoms with E-state index >= 15 is 0 Å². The van der Waals surface area contributed by atoms with E-state index in [0.29, 0.717) is 33.0 Å². The van der Waals surface area contributed by atoms with Crippen LogP contribution in [0, 0.1) is 0 Å². The van der Waals surface area contributed by atoms with E-state index in [0.717, 1.165) is 5.69 Å². The van der Waals surface area contributed by atoms with Crippen molar-refractivity contribution in [3.05, 3.63) is 24.3 Å². The normalized spacial score (nSPS) is 12.4. The van der Waals surface area contributed by atoms with E-state index in [2.05, 4.69) is 11.4 Å². The number of aliphatic hydroxyl groups is 1. The van der Waals surface area contributed by atoms with Crippen molar-refractivity contribution >= 4 is 17.4 Å². The molecule has 0 heterocycles. The number of ether oxygens (including phenoxy) is 2. The second-order valence-corrected chi connectivity index (χ2v) is 4.85. The minimum Gasteiger partial charge on any atom is -0.389 e. The number of anilines is 1. The Morgan fingerprint density at radius 1 is 1.26 bits per heavy atom. The maximum Gasteiger partial charge on any atom is 0.0945 e. The molecule has 0 radical (unpaired) electrons. The molecule has 0 saturated carbocycles. The van der Waals surface area contributed by atoms with Crippen LogP contribution in [0.4, 0.5) is 5.69 Å². The predicted octanol–water partition coefficient (Wildman–Crippen LogP) is 2.23. The molecular formula is C14H23NO3S. The van der Waals surface area contributed by atoms with Crippen molar-refractivity contribution in [2.24, 2.45) is 0 Å². The molecule has 2 N–H and O–H groups in total. The summed E-state index contributed by atoms with van der Waals surface area (Å²) in [6.07, 6.45) is 1.52. The van der Waals surface area contributed by atoms with Gasteiger partial charge in [-0.05, 0) is 25.3 Å². The fourth-order valence-corrected chi connectivity index (χ4v) is 2.13. The van der Waals surface area contributed by atoms with Gasteiger partial charge < -0.3 is 19.9 Å². The molecule has 0 aliphatic rings. The van der Waals surface area contributed by atoms with Gasteiger partial charge >= 0.3 is 0 Å². The summed E-state index contributed by atoms with van der Waals surface area (Å²) >= 11 is 1.68. The molecule has 1 atom stereocenters. The molecule has 0 aliphatic heterocycles. The highest BCUT2D eigenvalue weighted by Crippen LogP contribution is 2.24. The SMILES string of the molecule is CCOCCOCC(O)CNc1ccccc1SC. The predicted molar refractivity (Wildman–Crippen MR) is 80.0 cm³/mol. The summed E-state index contributed by atoms with van der Waals surface area (Å²) in [7, 11) is 0. The van der Waals surface area contributed by atoms with Gasteiger partial charge in [0.2, 0.25) is 0 Å². The van der Waals surface area contributed by atoms with Crippen molar-refractivity contribution in [1.82, 2.24) is 0 Å². The topological polar surface area (TPSA) is 50.7 Å². The van der Waals surface area contributed by atoms with E-state index in [9.17, 15) is 5.11 Å². The number of nitrogens with one attached hydrogen (secondary N) is 1. The van der Waals surface area contributed by atoms with E-state index in [-0.39, 0.29) is 0 Å². The smallest absolute Gasteiger partial charge is 0.0945 e. The van der Waals surface area contributed by atoms with Gasteiger partial charge in [-0.2, -0.15) is 0 Å². The van der Waals surface area contributed by atoms with Gasteiger partial charge in [-0.15, -0.1) is 11.8 Å². The Labute approximate surface area is 119 Å². The standard InChI is InChI=1S/C14H23NO3S/c1-3-17-8-9-18-11-12(16)10-15-13-6-4-5-7-14(13)19-2/h4-7,12,15-16H,3,8-11H2,1-2H3. The minimum absolute atomic E-state index is 0.321. The number of aliphatic hydroxyl groups excluding tert-OH is 1. The fourth-order valence-electron chi connectivity index (χ4n) is 1.56. The lowest BCUT2D eigenvalue weighted by atomic mass is 10.3. The van der Waals surface area contributed by atoms with E-state index in [1.165, 1.54) is 4.90 Å². The van der Waals surface area contributed by atoms with E-state index in [1.807, 2.05) is 31.4 Å². The lowest BCUT2D eigenvalue weighted by molar-refractivity contribution is 0.0103. The second kappa shape index (κ2) is 10.1. The third kappa shape index (κ3) is 6.82. The Bertz CT molecular complexity index is 349. The molecule has 0 fully saturated rings. The zero-order chi connectivity index (χ0) is 13.9. The van der Waals surface area contributed by atoms with Crippen molar-refractivity contribution in [3.63, 3.8) is 0 Å². The third-order valence-corrected chi connectivity index (χ3v) is 3.32. The van der Waals surface area contributed by atoms with Crippen LogP contribution in [0.15, 0.2) is 29.2 Å². The highest BCUT2D eigenvalue weighted by Gasteiger charge is 2.06. The zero-order valence-corrected chi connectivity index (χ0v) is 12.4. The fraction of sp³-hybridized carbons (Fsp3) is 0.571. The summed E-state index contributed by atoms with van der Waals surface area (Å²) in [6, 6.07) is 8.05. The number of hydrogen-bond donors (Lipinski definition) is 2. The van der Waals surface area contributed by atoms with E-state index < -0.39 is 6.10 Å². The van der Waals surface area contributed by atoms with Crippen LogP contribution in [-0.4, -0.2) is 50.4 Å². The molecule has 0 spiro atoms. The Balaban J connectivity index is 2.20. The van der Waals surface area contributed by atoms with Crippen molar-refractivity contribution in [3.8, 4) is 0 Å². The van der Waals surface area contributed by atoms with Gasteiger partial charge in [0.1, 0.15) is 0 Å². The zero-order valence-electron chi connectivity index (χ0n) is 11.6. The summed E-state index contributed by atoms with van der Waals surface area (Å²) in [6.45, 7) is 4.53. The van der Waals surface area contributed by atoms with Crippen LogP contribution in [0.5, 0.6) is 0 Å². The monoisotopic (exact) mass is 285 g/mol. The first-order valence-electron chi connectivity index (χ1n) is 6.48. The van der Waals surface area contributed by atoms with Gasteiger partial charge in [0.15, 0.2) is 0 Å². The van der Waals surface area contributed by atoms with Crippen LogP contribution in [0.25, 0.3) is 0 Å². The summed E-state index contributed by atoms with van der Waals surface area (Å²) in [5.41, 5.74) is 1.04. The number of para-hydroxylation sites is 1. The van der Waals surface area contributed by atoms with Crippen LogP contribution in [0.3, 0.4) is 0 Å². The molecule has 1 rings (SSSR count). The Morgan fingerprint density at radius 2 is 2.00 bits per heavy atom. The quantitative estimate of drug-likeness (QED) is 0.510. The van der Waals surface area contributed by atoms with Crippen molar-refractivity contribution in [1.29, 1.82) is 0 Å². The van der Waals surface area contributed by atoms with Gasteiger partial charge in [0, 0.05) is 23.7 Å². The molecular weight excluding hydrogens is 262 g/mol. The molecule has 0 aromatic heterocycles. The largest absolute Gasteiger partial charge is 0.389 e. The first-order chi connectivity index (χ1) is 9.27. The molecule has 19 heavy (non-hydrogen) atoms. The Kier molecular flexibility index (Phi) is 8.66. The summed E-state index contributed by atoms with van der Waals surface area (Å²) in [5, 5.41) is 13.0. The van der Waals surface area contributed by atoms with Crippen LogP contribution in [-0.2, 0) is 9.47 Å². The maximum atomic E-state index is 9.80. The molecule has 1 unspecified atom stereocenters. The molecule has 0 aliphatic carbocycles. The Morgan fingerprint density at radius 3 is 2.74 bits per heavy atom. The van der Waals surface area contributed by atoms with Crippen LogP contribution < -0.4 is 5.32 Å². The van der Waals surface area contributed by atoms with E-state index in [1.54, 1.807) is 11.8 Å². The van der Waals surface area contributed by atoms with Gasteiger partial charge in [-0.25, -0.2) is 0 Å². The maximum absolute atomic E-state index is 9.80. The highest BCUT2D eigenvalue weighted by molar-refractivity contribution is 7.98. The lowest BCUT2D eigenvalue weighted by Crippen LogP contribution is -2.25. The van der Waals surface area contributed by atoms with Gasteiger partial charge in [-0.3, -0.25) is 0 Å². The average Bonchev–Trinajstić information content (AvgIpc) is 2.45. The molecule has 5 heteroatoms. The first kappa shape index (κ1) is 16.3. The minimum atomic E-state index is -0.517. The number of hydrogen-bond acceptors (Lipinski definition) is 5. The second-order valence-electron chi connectivity index (χ2n) is 4.01. The Hall–Kier alpha value is -0.750. The number of rotatable bonds is 10. The van der Waals surface area contributed by atoms with Crippen molar-refractivity contribution in [2.45, 2.75) is 17.9 Å². The molecule has 108 valence electrons. The van der Waals surface area contributed by atoms with Crippen LogP contribution >= 0.6 is 11.8 Å². The highest BCUT2D eigenvalue weighted by atomic mass is 32.2. The average molecular weight is 285 g/mol. The van der Waals surface area contributed by atoms with Gasteiger partial charge in [0.25, 0.3) is 0 Å².